The van der Waals surface area contributed by atoms with E-state index in [0.29, 0.717) is 5.41 Å². The number of benzene rings is 2. The minimum atomic E-state index is 0.00170. The molecule has 2 aromatic carbocycles. The molecular weight excluding hydrogens is 438 g/mol. The highest BCUT2D eigenvalue weighted by Gasteiger charge is 2.48. The van der Waals surface area contributed by atoms with Gasteiger partial charge in [-0.25, -0.2) is 0 Å². The van der Waals surface area contributed by atoms with Crippen LogP contribution in [0.3, 0.4) is 0 Å². The van der Waals surface area contributed by atoms with Gasteiger partial charge in [0, 0.05) is 31.1 Å². The third-order valence-electron chi connectivity index (χ3n) is 6.57. The molecule has 1 amide bonds. The van der Waals surface area contributed by atoms with Crippen LogP contribution in [0.15, 0.2) is 60.7 Å². The molecule has 1 N–H and O–H groups in total. The number of carbonyl (C=O) groups is 1. The molecule has 1 aliphatic carbocycles. The van der Waals surface area contributed by atoms with Crippen molar-refractivity contribution < 1.29 is 4.79 Å². The van der Waals surface area contributed by atoms with Gasteiger partial charge < -0.3 is 10.2 Å². The van der Waals surface area contributed by atoms with E-state index in [1.54, 1.807) is 17.6 Å². The van der Waals surface area contributed by atoms with Gasteiger partial charge >= 0.3 is 0 Å². The number of aromatic nitrogens is 1. The normalized spacial score (nSPS) is 19.0. The van der Waals surface area contributed by atoms with Crippen LogP contribution in [0.25, 0.3) is 16.2 Å². The highest BCUT2D eigenvalue weighted by atomic mass is 32.1. The van der Waals surface area contributed by atoms with Gasteiger partial charge in [0.2, 0.25) is 5.91 Å². The molecule has 2 atom stereocenters. The maximum atomic E-state index is 11.7. The molecule has 0 radical (unpaired) electrons. The second-order valence-electron chi connectivity index (χ2n) is 9.41. The number of fused-ring (bicyclic) bond motifs is 1. The van der Waals surface area contributed by atoms with Crippen LogP contribution in [-0.4, -0.2) is 29.9 Å². The Balaban J connectivity index is 0.000000192. The first-order valence-electron chi connectivity index (χ1n) is 12.6. The van der Waals surface area contributed by atoms with E-state index in [4.69, 9.17) is 0 Å². The molecule has 0 spiro atoms. The Morgan fingerprint density at radius 3 is 2.41 bits per heavy atom. The number of carbonyl (C=O) groups excluding carboxylic acids is 1. The van der Waals surface area contributed by atoms with Crippen molar-refractivity contribution in [1.82, 2.24) is 9.69 Å². The molecule has 1 fully saturated rings. The van der Waals surface area contributed by atoms with Crippen molar-refractivity contribution in [3.63, 3.8) is 0 Å². The molecule has 0 saturated heterocycles. The van der Waals surface area contributed by atoms with Gasteiger partial charge in [0.05, 0.1) is 4.70 Å². The van der Waals surface area contributed by atoms with E-state index in [-0.39, 0.29) is 5.91 Å². The Hall–Kier alpha value is -2.66. The highest BCUT2D eigenvalue weighted by Crippen LogP contribution is 2.53. The molecule has 1 heterocycles. The maximum absolute atomic E-state index is 11.7. The Bertz CT molecular complexity index is 1060. The number of rotatable bonds is 10. The van der Waals surface area contributed by atoms with Crippen molar-refractivity contribution in [2.45, 2.75) is 53.4 Å². The molecule has 5 heteroatoms. The number of amides is 1. The van der Waals surface area contributed by atoms with Crippen LogP contribution >= 0.6 is 11.5 Å². The molecular formula is C29H39N3OS. The molecule has 0 bridgehead atoms. The zero-order valence-corrected chi connectivity index (χ0v) is 21.9. The van der Waals surface area contributed by atoms with E-state index in [9.17, 15) is 4.79 Å². The Morgan fingerprint density at radius 2 is 1.76 bits per heavy atom. The zero-order valence-electron chi connectivity index (χ0n) is 21.1. The molecule has 1 aliphatic rings. The third-order valence-corrected chi connectivity index (χ3v) is 7.39. The van der Waals surface area contributed by atoms with Gasteiger partial charge in [-0.2, -0.15) is 4.37 Å². The maximum Gasteiger partial charge on any atom is 0.244 e. The fraction of sp³-hybridized carbons (Fsp3) is 0.448. The van der Waals surface area contributed by atoms with Crippen molar-refractivity contribution in [2.75, 3.05) is 24.5 Å². The van der Waals surface area contributed by atoms with E-state index >= 15 is 0 Å². The summed E-state index contributed by atoms with van der Waals surface area (Å²) in [6.07, 6.45) is 8.26. The molecule has 182 valence electrons. The molecule has 1 aromatic heterocycles. The van der Waals surface area contributed by atoms with E-state index in [2.05, 4.69) is 66.6 Å². The Morgan fingerprint density at radius 1 is 1.09 bits per heavy atom. The minimum absolute atomic E-state index is 0.00170. The molecule has 0 aliphatic heterocycles. The first kappa shape index (κ1) is 26.0. The summed E-state index contributed by atoms with van der Waals surface area (Å²) in [5.74, 6) is 1.96. The average Bonchev–Trinajstić information content (AvgIpc) is 3.34. The standard InChI is InChI=1S/C16H21NO.C13H18N2S/c1-3-14-11-16(14,2)12-17-15(18)10-9-13-7-5-4-6-8-13;1-3-9-15(10-4-2)13-11-7-5-6-8-12(11)16-14-13/h4-10,14H,3,11-12H2,1-2H3,(H,17,18);5-8H,3-4,9-10H2,1-2H3/b10-9+;. The van der Waals surface area contributed by atoms with Crippen LogP contribution in [-0.2, 0) is 4.79 Å². The van der Waals surface area contributed by atoms with E-state index in [1.165, 1.54) is 41.6 Å². The smallest absolute Gasteiger partial charge is 0.244 e. The SMILES string of the molecule is CCC1CC1(C)CNC(=O)/C=C/c1ccccc1.CCCN(CCC)c1nsc2ccccc12. The van der Waals surface area contributed by atoms with Gasteiger partial charge in [0.25, 0.3) is 0 Å². The topological polar surface area (TPSA) is 45.2 Å². The number of anilines is 1. The summed E-state index contributed by atoms with van der Waals surface area (Å²) >= 11 is 1.60. The Labute approximate surface area is 209 Å². The molecule has 4 rings (SSSR count). The quantitative estimate of drug-likeness (QED) is 0.315. The zero-order chi connectivity index (χ0) is 24.4. The lowest BCUT2D eigenvalue weighted by Crippen LogP contribution is -2.28. The van der Waals surface area contributed by atoms with Crippen LogP contribution in [0.4, 0.5) is 5.82 Å². The second-order valence-corrected chi connectivity index (χ2v) is 10.2. The van der Waals surface area contributed by atoms with Gasteiger partial charge in [0.1, 0.15) is 5.82 Å². The number of hydrogen-bond donors (Lipinski definition) is 1. The lowest BCUT2D eigenvalue weighted by atomic mass is 10.1. The lowest BCUT2D eigenvalue weighted by molar-refractivity contribution is -0.116. The predicted octanol–water partition coefficient (Wildman–Crippen LogP) is 7.17. The second kappa shape index (κ2) is 12.7. The summed E-state index contributed by atoms with van der Waals surface area (Å²) in [5, 5.41) is 4.29. The third kappa shape index (κ3) is 7.17. The van der Waals surface area contributed by atoms with E-state index in [1.807, 2.05) is 36.4 Å². The van der Waals surface area contributed by atoms with Gasteiger partial charge in [-0.05, 0) is 65.9 Å². The summed E-state index contributed by atoms with van der Waals surface area (Å²) in [7, 11) is 0. The first-order chi connectivity index (χ1) is 16.5. The van der Waals surface area contributed by atoms with Crippen LogP contribution in [0.1, 0.15) is 58.9 Å². The van der Waals surface area contributed by atoms with Crippen molar-refractivity contribution >= 4 is 39.4 Å². The predicted molar refractivity (Wildman–Crippen MR) is 147 cm³/mol. The van der Waals surface area contributed by atoms with Gasteiger partial charge in [-0.1, -0.05) is 76.6 Å². The molecule has 4 nitrogen and oxygen atoms in total. The molecule has 34 heavy (non-hydrogen) atoms. The summed E-state index contributed by atoms with van der Waals surface area (Å²) < 4.78 is 5.89. The van der Waals surface area contributed by atoms with Gasteiger partial charge in [0.15, 0.2) is 0 Å². The minimum Gasteiger partial charge on any atom is -0.355 e. The summed E-state index contributed by atoms with van der Waals surface area (Å²) in [6.45, 7) is 11.9. The summed E-state index contributed by atoms with van der Waals surface area (Å²) in [6, 6.07) is 18.4. The molecule has 2 unspecified atom stereocenters. The number of nitrogens with one attached hydrogen (secondary N) is 1. The number of hydrogen-bond acceptors (Lipinski definition) is 4. The van der Waals surface area contributed by atoms with Crippen molar-refractivity contribution in [2.24, 2.45) is 11.3 Å². The lowest BCUT2D eigenvalue weighted by Gasteiger charge is -2.21. The number of nitrogens with zero attached hydrogens (tertiary/aromatic N) is 2. The van der Waals surface area contributed by atoms with Gasteiger partial charge in [-0.15, -0.1) is 0 Å². The molecule has 3 aromatic rings. The summed E-state index contributed by atoms with van der Waals surface area (Å²) in [5.41, 5.74) is 1.39. The molecule has 1 saturated carbocycles. The van der Waals surface area contributed by atoms with E-state index < -0.39 is 0 Å². The van der Waals surface area contributed by atoms with Gasteiger partial charge in [-0.3, -0.25) is 4.79 Å². The first-order valence-corrected chi connectivity index (χ1v) is 13.4. The van der Waals surface area contributed by atoms with E-state index in [0.717, 1.165) is 31.1 Å². The summed E-state index contributed by atoms with van der Waals surface area (Å²) in [4.78, 5) is 14.1. The average molecular weight is 478 g/mol. The largest absolute Gasteiger partial charge is 0.355 e. The van der Waals surface area contributed by atoms with Crippen LogP contribution in [0, 0.1) is 11.3 Å². The fourth-order valence-corrected chi connectivity index (χ4v) is 5.20. The monoisotopic (exact) mass is 477 g/mol. The van der Waals surface area contributed by atoms with Crippen LogP contribution in [0.5, 0.6) is 0 Å². The van der Waals surface area contributed by atoms with Crippen LogP contribution < -0.4 is 10.2 Å². The van der Waals surface area contributed by atoms with Crippen LogP contribution in [0.2, 0.25) is 0 Å². The van der Waals surface area contributed by atoms with Crippen molar-refractivity contribution in [3.8, 4) is 0 Å². The van der Waals surface area contributed by atoms with Crippen molar-refractivity contribution in [3.05, 3.63) is 66.2 Å². The fourth-order valence-electron chi connectivity index (χ4n) is 4.41. The Kier molecular flexibility index (Phi) is 9.70. The highest BCUT2D eigenvalue weighted by molar-refractivity contribution is 7.13. The van der Waals surface area contributed by atoms with Crippen molar-refractivity contribution in [1.29, 1.82) is 0 Å².